The minimum Gasteiger partial charge on any atom is -0.396 e. The van der Waals surface area contributed by atoms with Crippen LogP contribution >= 0.6 is 27.5 Å². The average molecular weight is 337 g/mol. The highest BCUT2D eigenvalue weighted by atomic mass is 79.9. The molecule has 2 amide bonds. The maximum Gasteiger partial charge on any atom is 0.319 e. The van der Waals surface area contributed by atoms with Crippen LogP contribution in [0, 0.1) is 5.92 Å². The van der Waals surface area contributed by atoms with E-state index in [2.05, 4.69) is 31.5 Å². The number of nitrogens with zero attached hydrogens (tertiary/aromatic N) is 1. The molecule has 0 saturated carbocycles. The van der Waals surface area contributed by atoms with Gasteiger partial charge in [0.1, 0.15) is 0 Å². The summed E-state index contributed by atoms with van der Waals surface area (Å²) in [6, 6.07) is -0.346. The summed E-state index contributed by atoms with van der Waals surface area (Å²) in [5, 5.41) is 14.5. The van der Waals surface area contributed by atoms with Crippen LogP contribution in [0.15, 0.2) is 16.9 Å². The van der Waals surface area contributed by atoms with E-state index in [0.29, 0.717) is 28.1 Å². The lowest BCUT2D eigenvalue weighted by atomic mass is 10.1. The molecule has 0 radical (unpaired) electrons. The number of rotatable bonds is 5. The van der Waals surface area contributed by atoms with Gasteiger partial charge in [0.25, 0.3) is 0 Å². The van der Waals surface area contributed by atoms with Crippen molar-refractivity contribution in [1.29, 1.82) is 0 Å². The Balaban J connectivity index is 2.47. The first-order chi connectivity index (χ1) is 8.54. The number of carbonyl (C=O) groups excluding carboxylic acids is 1. The molecule has 5 nitrogen and oxygen atoms in total. The van der Waals surface area contributed by atoms with Crippen LogP contribution in [0.3, 0.4) is 0 Å². The Hall–Kier alpha value is -0.850. The van der Waals surface area contributed by atoms with Crippen LogP contribution in [-0.2, 0) is 0 Å². The number of carbonyl (C=O) groups is 1. The molecule has 0 aromatic carbocycles. The van der Waals surface area contributed by atoms with Crippen LogP contribution in [0.5, 0.6) is 0 Å². The number of urea groups is 1. The standard InChI is InChI=1S/C11H15BrClN3O2/c1-7(2-3-17)4-15-11(18)16-9-6-14-5-8(12)10(9)13/h5-7,17H,2-4H2,1H3,(H2,15,16,18). The van der Waals surface area contributed by atoms with E-state index in [1.165, 1.54) is 6.20 Å². The summed E-state index contributed by atoms with van der Waals surface area (Å²) < 4.78 is 0.621. The fraction of sp³-hybridized carbons (Fsp3) is 0.455. The largest absolute Gasteiger partial charge is 0.396 e. The SMILES string of the molecule is CC(CCO)CNC(=O)Nc1cncc(Br)c1Cl. The highest BCUT2D eigenvalue weighted by Crippen LogP contribution is 2.28. The molecular formula is C11H15BrClN3O2. The van der Waals surface area contributed by atoms with Crippen LogP contribution in [0.1, 0.15) is 13.3 Å². The lowest BCUT2D eigenvalue weighted by molar-refractivity contribution is 0.243. The molecule has 18 heavy (non-hydrogen) atoms. The van der Waals surface area contributed by atoms with E-state index < -0.39 is 0 Å². The van der Waals surface area contributed by atoms with Gasteiger partial charge in [0.2, 0.25) is 0 Å². The molecule has 0 bridgehead atoms. The summed E-state index contributed by atoms with van der Waals surface area (Å²) in [5.41, 5.74) is 0.443. The molecule has 0 aliphatic rings. The van der Waals surface area contributed by atoms with Crippen molar-refractivity contribution in [1.82, 2.24) is 10.3 Å². The highest BCUT2D eigenvalue weighted by molar-refractivity contribution is 9.10. The van der Waals surface area contributed by atoms with Gasteiger partial charge in [-0.3, -0.25) is 4.98 Å². The summed E-state index contributed by atoms with van der Waals surface area (Å²) in [5.74, 6) is 0.219. The Morgan fingerprint density at radius 2 is 2.33 bits per heavy atom. The summed E-state index contributed by atoms with van der Waals surface area (Å²) in [4.78, 5) is 15.5. The zero-order valence-corrected chi connectivity index (χ0v) is 12.3. The number of anilines is 1. The summed E-state index contributed by atoms with van der Waals surface area (Å²) in [6.07, 6.45) is 3.68. The summed E-state index contributed by atoms with van der Waals surface area (Å²) >= 11 is 9.21. The van der Waals surface area contributed by atoms with E-state index in [1.54, 1.807) is 6.20 Å². The second-order valence-corrected chi connectivity index (χ2v) is 5.17. The molecule has 7 heteroatoms. The maximum atomic E-state index is 11.6. The van der Waals surface area contributed by atoms with E-state index in [9.17, 15) is 4.79 Å². The molecule has 1 unspecified atom stereocenters. The van der Waals surface area contributed by atoms with E-state index in [1.807, 2.05) is 6.92 Å². The second-order valence-electron chi connectivity index (χ2n) is 3.94. The molecule has 1 heterocycles. The third-order valence-corrected chi connectivity index (χ3v) is 3.56. The van der Waals surface area contributed by atoms with Gasteiger partial charge in [-0.2, -0.15) is 0 Å². The molecule has 3 N–H and O–H groups in total. The normalized spacial score (nSPS) is 12.0. The average Bonchev–Trinajstić information content (AvgIpc) is 2.33. The Labute approximate surface area is 119 Å². The van der Waals surface area contributed by atoms with Crippen LogP contribution < -0.4 is 10.6 Å². The van der Waals surface area contributed by atoms with Crippen molar-refractivity contribution in [3.63, 3.8) is 0 Å². The lowest BCUT2D eigenvalue weighted by Crippen LogP contribution is -2.32. The van der Waals surface area contributed by atoms with Crippen LogP contribution in [0.4, 0.5) is 10.5 Å². The molecule has 100 valence electrons. The minimum atomic E-state index is -0.346. The van der Waals surface area contributed by atoms with Gasteiger partial charge in [0.05, 0.1) is 21.4 Å². The zero-order chi connectivity index (χ0) is 13.5. The predicted molar refractivity (Wildman–Crippen MR) is 74.8 cm³/mol. The molecular weight excluding hydrogens is 321 g/mol. The van der Waals surface area contributed by atoms with Gasteiger partial charge in [-0.05, 0) is 28.3 Å². The number of aromatic nitrogens is 1. The Kier molecular flexibility index (Phi) is 6.38. The van der Waals surface area contributed by atoms with E-state index >= 15 is 0 Å². The van der Waals surface area contributed by atoms with E-state index in [-0.39, 0.29) is 18.6 Å². The lowest BCUT2D eigenvalue weighted by Gasteiger charge is -2.12. The van der Waals surface area contributed by atoms with Crippen molar-refractivity contribution < 1.29 is 9.90 Å². The van der Waals surface area contributed by atoms with Gasteiger partial charge in [-0.1, -0.05) is 18.5 Å². The molecule has 0 spiro atoms. The maximum absolute atomic E-state index is 11.6. The quantitative estimate of drug-likeness (QED) is 0.774. The smallest absolute Gasteiger partial charge is 0.319 e. The van der Waals surface area contributed by atoms with Gasteiger partial charge < -0.3 is 15.7 Å². The van der Waals surface area contributed by atoms with E-state index in [4.69, 9.17) is 16.7 Å². The van der Waals surface area contributed by atoms with Gasteiger partial charge in [0, 0.05) is 19.3 Å². The van der Waals surface area contributed by atoms with Crippen molar-refractivity contribution in [3.8, 4) is 0 Å². The Morgan fingerprint density at radius 3 is 3.00 bits per heavy atom. The fourth-order valence-electron chi connectivity index (χ4n) is 1.26. The second kappa shape index (κ2) is 7.56. The first-order valence-electron chi connectivity index (χ1n) is 5.49. The number of hydrogen-bond donors (Lipinski definition) is 3. The topological polar surface area (TPSA) is 74.2 Å². The van der Waals surface area contributed by atoms with Crippen molar-refractivity contribution >= 4 is 39.2 Å². The molecule has 0 fully saturated rings. The number of pyridine rings is 1. The van der Waals surface area contributed by atoms with Crippen molar-refractivity contribution in [2.75, 3.05) is 18.5 Å². The van der Waals surface area contributed by atoms with Gasteiger partial charge in [-0.25, -0.2) is 4.79 Å². The van der Waals surface area contributed by atoms with E-state index in [0.717, 1.165) is 0 Å². The first kappa shape index (κ1) is 15.2. The molecule has 1 rings (SSSR count). The number of aliphatic hydroxyl groups excluding tert-OH is 1. The Morgan fingerprint density at radius 1 is 1.61 bits per heavy atom. The number of amides is 2. The number of hydrogen-bond acceptors (Lipinski definition) is 3. The first-order valence-corrected chi connectivity index (χ1v) is 6.66. The number of halogens is 2. The van der Waals surface area contributed by atoms with Gasteiger partial charge in [-0.15, -0.1) is 0 Å². The summed E-state index contributed by atoms with van der Waals surface area (Å²) in [7, 11) is 0. The third-order valence-electron chi connectivity index (χ3n) is 2.32. The number of nitrogens with one attached hydrogen (secondary N) is 2. The molecule has 0 aliphatic heterocycles. The molecule has 1 aromatic heterocycles. The fourth-order valence-corrected chi connectivity index (χ4v) is 1.74. The monoisotopic (exact) mass is 335 g/mol. The van der Waals surface area contributed by atoms with Crippen molar-refractivity contribution in [2.24, 2.45) is 5.92 Å². The molecule has 0 aliphatic carbocycles. The van der Waals surface area contributed by atoms with Crippen LogP contribution in [-0.4, -0.2) is 29.3 Å². The molecule has 1 aromatic rings. The van der Waals surface area contributed by atoms with Gasteiger partial charge >= 0.3 is 6.03 Å². The van der Waals surface area contributed by atoms with Crippen molar-refractivity contribution in [3.05, 3.63) is 21.9 Å². The van der Waals surface area contributed by atoms with Crippen LogP contribution in [0.25, 0.3) is 0 Å². The van der Waals surface area contributed by atoms with Crippen LogP contribution in [0.2, 0.25) is 5.02 Å². The van der Waals surface area contributed by atoms with Gasteiger partial charge in [0.15, 0.2) is 0 Å². The minimum absolute atomic E-state index is 0.117. The Bertz CT molecular complexity index is 417. The third kappa shape index (κ3) is 4.80. The number of aliphatic hydroxyl groups is 1. The highest BCUT2D eigenvalue weighted by Gasteiger charge is 2.09. The molecule has 0 saturated heterocycles. The summed E-state index contributed by atoms with van der Waals surface area (Å²) in [6.45, 7) is 2.56. The van der Waals surface area contributed by atoms with Crippen molar-refractivity contribution in [2.45, 2.75) is 13.3 Å². The molecule has 1 atom stereocenters. The zero-order valence-electron chi connectivity index (χ0n) is 9.91. The predicted octanol–water partition coefficient (Wildman–Crippen LogP) is 2.64.